The monoisotopic (exact) mass is 2240 g/mol. The van der Waals surface area contributed by atoms with Gasteiger partial charge >= 0.3 is 23.9 Å². The standard InChI is InChI=1S/C57H51BrO14.C44H30N4O8.C4H12N2.2C2H4O2.CH3I.3CH4.Zn/c1-63-54(59)44-13-5-37(6-14-44)31-67-50-23-42(24-51(28-50)68-32-38-7-15-45(16-8-38)55(60)64-2)35-71-48-21-41(30-58)22-49(27-48)72-36-43-25-52(69-33-39-9-17-46(18-10-39)56(61)65-3)29-53(26-43)70-34-40-11-19-47(20-12-40)57(62)66-4;49-25-9-21(10-26(50)17-25)41-33-1-2-34(45-33)42(22-11-27(51)18-28(52)12-22)36-5-6-38(47-36)44(24-15-31(55)20-32(56)16-24)40-8-7-39(48-40)43(37-4-3-35(41)46-37)23-13-29(53)19-30(54)14-23;1-6(2)4-3-5;2*1-2(3)4;1-2;;;;/h5-29H,30-36H2,1-4H3;1-20,45,48-56H;3-5H2,1-2H3;2*1H3,(H,3,4);1H3;3*1H4;. The summed E-state index contributed by atoms with van der Waals surface area (Å²) >= 11 is 5.74. The maximum Gasteiger partial charge on any atom is 0.337 e. The number of methoxy groups -OCH3 is 4. The molecule has 5 heterocycles. The fraction of sp³-hybridized carbons (Fsp3) is 0.186. The van der Waals surface area contributed by atoms with Gasteiger partial charge in [-0.2, -0.15) is 0 Å². The molecule has 770 valence electrons. The van der Waals surface area contributed by atoms with Crippen LogP contribution in [0.25, 0.3) is 90.9 Å². The van der Waals surface area contributed by atoms with E-state index >= 15 is 0 Å². The van der Waals surface area contributed by atoms with Crippen LogP contribution in [-0.4, -0.2) is 172 Å². The van der Waals surface area contributed by atoms with Crippen LogP contribution in [0, 0.1) is 0 Å². The predicted molar refractivity (Wildman–Crippen MR) is 577 cm³/mol. The summed E-state index contributed by atoms with van der Waals surface area (Å²) in [5, 5.41) is 100. The number of esters is 4. The maximum absolute atomic E-state index is 12.0. The number of aromatic amines is 2. The van der Waals surface area contributed by atoms with Crippen LogP contribution in [0.4, 0.5) is 0 Å². The Bertz CT molecular complexity index is 6320. The van der Waals surface area contributed by atoms with E-state index in [0.29, 0.717) is 151 Å². The van der Waals surface area contributed by atoms with Crippen molar-refractivity contribution in [3.8, 4) is 125 Å². The smallest absolute Gasteiger partial charge is 0.337 e. The molecule has 0 unspecified atom stereocenters. The van der Waals surface area contributed by atoms with E-state index in [-0.39, 0.29) is 127 Å². The van der Waals surface area contributed by atoms with Crippen molar-refractivity contribution >= 4 is 121 Å². The normalized spacial score (nSPS) is 10.5. The summed E-state index contributed by atoms with van der Waals surface area (Å²) in [6, 6.07) is 68.6. The number of carboxylic acids is 2. The Kier molecular flexibility index (Phi) is 46.1. The number of halogens is 2. The molecule has 0 amide bonds. The molecule has 0 aliphatic carbocycles. The number of phenolic OH excluding ortho intramolecular Hbond substituents is 8. The Morgan fingerprint density at radius 1 is 0.318 bits per heavy atom. The van der Waals surface area contributed by atoms with Gasteiger partial charge in [0, 0.05) is 139 Å². The number of nitrogens with one attached hydrogen (secondary N) is 2. The SMILES string of the molecule is C.C.C.CC(=O)O.CC(=O)O.CI.CN(C)CCN.COC(=O)c1ccc(COc2cc(COc3cc(CBr)cc(OCc4cc(OCc5ccc(C(=O)OC)cc5)cc(OCc5ccc(C(=O)OC)cc5)c4)c3)cc(OCc3ccc(C(=O)OC)cc3)c2)cc1.Oc1cc(O)cc(-c2c3nc(c(-c4cc(O)cc(O)c4)c4ccc([nH]4)c(-c4cc(O)cc(O)c4)c4nc(c(-c5cc(O)cc(O)c5)c5ccc2[nH]5)C=C4)C=C3)c1.[Zn]. The van der Waals surface area contributed by atoms with Crippen LogP contribution in [0.15, 0.2) is 249 Å². The number of H-pyrrole nitrogens is 2. The molecule has 16 rings (SSSR count). The largest absolute Gasteiger partial charge is 0.508 e. The number of benzene rings is 11. The molecule has 3 aromatic heterocycles. The molecule has 0 fully saturated rings. The molecule has 32 nitrogen and oxygen atoms in total. The van der Waals surface area contributed by atoms with E-state index in [0.717, 1.165) is 65.9 Å². The van der Waals surface area contributed by atoms with Crippen LogP contribution in [0.3, 0.4) is 0 Å². The summed E-state index contributed by atoms with van der Waals surface area (Å²) in [5.74, 6) is -1.54. The number of likely N-dealkylation sites (N-methyl/N-ethyl adjacent to an activating group) is 1. The second-order valence-electron chi connectivity index (χ2n) is 32.1. The molecule has 0 radical (unpaired) electrons. The third-order valence-corrected chi connectivity index (χ3v) is 21.6. The van der Waals surface area contributed by atoms with Crippen molar-refractivity contribution < 1.29 is 147 Å². The van der Waals surface area contributed by atoms with Gasteiger partial charge < -0.3 is 119 Å². The van der Waals surface area contributed by atoms with E-state index in [1.807, 2.05) is 61.5 Å². The summed E-state index contributed by atoms with van der Waals surface area (Å²) in [7, 11) is 9.36. The number of aromatic nitrogens is 4. The van der Waals surface area contributed by atoms with Crippen LogP contribution in [0.1, 0.15) is 139 Å². The number of carbonyl (C=O) groups is 6. The number of phenols is 8. The van der Waals surface area contributed by atoms with E-state index in [1.54, 1.807) is 158 Å². The molecule has 0 saturated heterocycles. The number of aliphatic carboxylic acids is 2. The number of ether oxygens (including phenoxy) is 10. The molecule has 35 heteroatoms. The Hall–Kier alpha value is -16.2. The minimum absolute atomic E-state index is 0. The summed E-state index contributed by atoms with van der Waals surface area (Å²) in [6.07, 6.45) is 7.08. The van der Waals surface area contributed by atoms with Crippen molar-refractivity contribution in [1.29, 1.82) is 0 Å². The van der Waals surface area contributed by atoms with E-state index < -0.39 is 35.8 Å². The Labute approximate surface area is 890 Å². The average Bonchev–Trinajstić information content (AvgIpc) is 1.61. The van der Waals surface area contributed by atoms with Gasteiger partial charge in [-0.1, -0.05) is 109 Å². The fourth-order valence-corrected chi connectivity index (χ4v) is 15.0. The number of nitrogens with two attached hydrogens (primary N) is 1. The Balaban J connectivity index is 0.000000348. The summed E-state index contributed by atoms with van der Waals surface area (Å²) in [6.45, 7) is 5.08. The van der Waals surface area contributed by atoms with Gasteiger partial charge in [0.15, 0.2) is 0 Å². The first kappa shape index (κ1) is 119. The maximum atomic E-state index is 12.0. The first-order valence-corrected chi connectivity index (χ1v) is 47.3. The molecule has 8 bridgehead atoms. The van der Waals surface area contributed by atoms with Gasteiger partial charge in [0.2, 0.25) is 0 Å². The van der Waals surface area contributed by atoms with Crippen molar-refractivity contribution in [3.05, 3.63) is 333 Å². The summed E-state index contributed by atoms with van der Waals surface area (Å²) < 4.78 is 57.0. The number of fused-ring (bicyclic) bond motifs is 8. The van der Waals surface area contributed by atoms with Gasteiger partial charge in [-0.15, -0.1) is 0 Å². The van der Waals surface area contributed by atoms with Gasteiger partial charge in [-0.25, -0.2) is 29.1 Å². The number of alkyl halides is 2. The van der Waals surface area contributed by atoms with Gasteiger partial charge in [0.05, 0.1) is 73.5 Å². The molecule has 0 spiro atoms. The molecule has 14 aromatic rings. The first-order chi connectivity index (χ1) is 69.2. The molecule has 11 aromatic carbocycles. The van der Waals surface area contributed by atoms with Crippen molar-refractivity contribution in [2.75, 3.05) is 60.6 Å². The van der Waals surface area contributed by atoms with Crippen LogP contribution >= 0.6 is 38.5 Å². The third kappa shape index (κ3) is 34.2. The average molecular weight is 2250 g/mol. The van der Waals surface area contributed by atoms with Gasteiger partial charge in [-0.05, 0) is 262 Å². The fourth-order valence-electron chi connectivity index (χ4n) is 14.7. The summed E-state index contributed by atoms with van der Waals surface area (Å²) in [5.41, 5.74) is 20.3. The van der Waals surface area contributed by atoms with Gasteiger partial charge in [0.25, 0.3) is 11.9 Å². The van der Waals surface area contributed by atoms with E-state index in [1.165, 1.54) is 101 Å². The minimum Gasteiger partial charge on any atom is -0.508 e. The second-order valence-corrected chi connectivity index (χ2v) is 32.7. The number of rotatable bonds is 29. The number of carboxylic acid groups (broad SMARTS) is 2. The Morgan fingerprint density at radius 2 is 0.507 bits per heavy atom. The molecule has 14 N–H and O–H groups in total. The Morgan fingerprint density at radius 3 is 0.676 bits per heavy atom. The van der Waals surface area contributed by atoms with Crippen LogP contribution in [0.2, 0.25) is 0 Å². The summed E-state index contributed by atoms with van der Waals surface area (Å²) in [4.78, 5) is 86.9. The number of nitrogens with zero attached hydrogens (tertiary/aromatic N) is 3. The zero-order valence-electron chi connectivity index (χ0n) is 80.2. The number of carbonyl (C=O) groups excluding carboxylic acids is 4. The van der Waals surface area contributed by atoms with Crippen molar-refractivity contribution in [2.24, 2.45) is 5.73 Å². The molecule has 148 heavy (non-hydrogen) atoms. The van der Waals surface area contributed by atoms with Crippen molar-refractivity contribution in [2.45, 2.75) is 81.1 Å². The van der Waals surface area contributed by atoms with Crippen LogP contribution in [-0.2, 0) is 93.0 Å². The zero-order chi connectivity index (χ0) is 104. The first-order valence-electron chi connectivity index (χ1n) is 44.1. The molecule has 2 aliphatic heterocycles. The van der Waals surface area contributed by atoms with E-state index in [2.05, 4.69) is 53.4 Å². The zero-order valence-corrected chi connectivity index (χ0v) is 86.9. The van der Waals surface area contributed by atoms with E-state index in [4.69, 9.17) is 82.9 Å². The van der Waals surface area contributed by atoms with Crippen molar-refractivity contribution in [3.63, 3.8) is 0 Å². The van der Waals surface area contributed by atoms with Crippen LogP contribution < -0.4 is 34.2 Å². The third-order valence-electron chi connectivity index (χ3n) is 21.0. The van der Waals surface area contributed by atoms with Gasteiger partial charge in [0.1, 0.15) is 120 Å². The predicted octanol–water partition coefficient (Wildman–Crippen LogP) is 22.8. The van der Waals surface area contributed by atoms with E-state index in [9.17, 15) is 60.0 Å². The molecular formula is C113H116BrIN6O26Zn. The number of aromatic hydroxyl groups is 8. The molecule has 0 atom stereocenters. The van der Waals surface area contributed by atoms with Crippen molar-refractivity contribution in [1.82, 2.24) is 24.8 Å². The second kappa shape index (κ2) is 57.5. The number of hydrogen-bond acceptors (Lipinski definition) is 28. The molecule has 0 saturated carbocycles. The van der Waals surface area contributed by atoms with Crippen LogP contribution in [0.5, 0.6) is 80.5 Å². The van der Waals surface area contributed by atoms with Gasteiger partial charge in [-0.3, -0.25) is 9.59 Å². The molecule has 2 aliphatic rings. The quantitative estimate of drug-likeness (QED) is 0.00681. The minimum atomic E-state index is -0.833. The number of hydrogen-bond donors (Lipinski definition) is 13. The molecular weight excluding hydrogens is 2130 g/mol. The topological polar surface area (TPSA) is 484 Å².